The molecule has 0 aliphatic heterocycles. The Labute approximate surface area is 188 Å². The molecule has 7 heteroatoms. The van der Waals surface area contributed by atoms with Crippen LogP contribution < -0.4 is 17.2 Å². The zero-order valence-corrected chi connectivity index (χ0v) is 18.1. The molecule has 0 radical (unpaired) electrons. The molecule has 2 saturated carbocycles. The maximum atomic E-state index is 12.2. The summed E-state index contributed by atoms with van der Waals surface area (Å²) in [6.07, 6.45) is 1.06. The number of nitrogens with two attached hydrogens (primary N) is 3. The van der Waals surface area contributed by atoms with Gasteiger partial charge in [-0.05, 0) is 24.0 Å². The van der Waals surface area contributed by atoms with Crippen LogP contribution in [-0.2, 0) is 29.9 Å². The first-order chi connectivity index (χ1) is 15.4. The second-order valence-corrected chi connectivity index (χ2v) is 8.93. The zero-order chi connectivity index (χ0) is 22.8. The van der Waals surface area contributed by atoms with Crippen LogP contribution in [0.25, 0.3) is 0 Å². The molecule has 0 spiro atoms. The van der Waals surface area contributed by atoms with Crippen molar-refractivity contribution in [1.29, 1.82) is 0 Å². The molecular formula is C25H31N3O4. The van der Waals surface area contributed by atoms with E-state index in [1.807, 2.05) is 60.7 Å². The van der Waals surface area contributed by atoms with E-state index in [1.165, 1.54) is 0 Å². The third-order valence-corrected chi connectivity index (χ3v) is 7.09. The van der Waals surface area contributed by atoms with Gasteiger partial charge >= 0.3 is 0 Å². The van der Waals surface area contributed by atoms with Crippen molar-refractivity contribution >= 4 is 11.8 Å². The molecule has 7 nitrogen and oxygen atoms in total. The summed E-state index contributed by atoms with van der Waals surface area (Å²) in [5.41, 5.74) is 17.9. The molecule has 2 aliphatic carbocycles. The lowest BCUT2D eigenvalue weighted by Crippen LogP contribution is -2.34. The van der Waals surface area contributed by atoms with Crippen molar-refractivity contribution in [2.45, 2.75) is 29.8 Å². The van der Waals surface area contributed by atoms with Crippen molar-refractivity contribution in [3.63, 3.8) is 0 Å². The van der Waals surface area contributed by atoms with E-state index >= 15 is 0 Å². The minimum absolute atomic E-state index is 0.0282. The lowest BCUT2D eigenvalue weighted by Gasteiger charge is -2.19. The van der Waals surface area contributed by atoms with Gasteiger partial charge in [-0.2, -0.15) is 0 Å². The van der Waals surface area contributed by atoms with Gasteiger partial charge in [-0.1, -0.05) is 60.7 Å². The molecule has 2 aromatic carbocycles. The maximum Gasteiger partial charge on any atom is 0.228 e. The van der Waals surface area contributed by atoms with Crippen LogP contribution >= 0.6 is 0 Å². The summed E-state index contributed by atoms with van der Waals surface area (Å²) in [6, 6.07) is 19.2. The number of ether oxygens (including phenoxy) is 2. The van der Waals surface area contributed by atoms with E-state index in [4.69, 9.17) is 26.7 Å². The molecule has 0 heterocycles. The van der Waals surface area contributed by atoms with Gasteiger partial charge in [0.25, 0.3) is 0 Å². The lowest BCUT2D eigenvalue weighted by molar-refractivity contribution is -0.122. The van der Waals surface area contributed by atoms with Crippen molar-refractivity contribution in [2.75, 3.05) is 26.4 Å². The smallest absolute Gasteiger partial charge is 0.228 e. The average Bonchev–Trinajstić information content (AvgIpc) is 3.71. The van der Waals surface area contributed by atoms with Gasteiger partial charge in [0, 0.05) is 18.4 Å². The molecule has 2 aromatic rings. The fourth-order valence-electron chi connectivity index (χ4n) is 4.91. The molecule has 6 N–H and O–H groups in total. The molecule has 2 aliphatic rings. The second kappa shape index (κ2) is 9.02. The number of carbonyl (C=O) groups is 2. The highest BCUT2D eigenvalue weighted by Gasteiger charge is 2.61. The van der Waals surface area contributed by atoms with Gasteiger partial charge in [0.15, 0.2) is 0 Å². The molecule has 32 heavy (non-hydrogen) atoms. The molecule has 2 amide bonds. The van der Waals surface area contributed by atoms with E-state index in [-0.39, 0.29) is 29.8 Å². The Bertz CT molecular complexity index is 954. The first-order valence-corrected chi connectivity index (χ1v) is 11.1. The second-order valence-electron chi connectivity index (χ2n) is 8.93. The standard InChI is InChI=1S/C25H31N3O4/c26-13-21(32-15-20-12-25(20,23(28)30)18-9-5-2-6-10-18)16-31-14-19-11-24(19,22(27)29)17-7-3-1-4-8-17/h1-10,19-21H,11-16,26H2,(H2,27,29)(H2,28,30)/t19-,20-,21?,24+,25+/m1/s1. The van der Waals surface area contributed by atoms with Gasteiger partial charge in [-0.3, -0.25) is 9.59 Å². The first-order valence-electron chi connectivity index (χ1n) is 11.1. The summed E-state index contributed by atoms with van der Waals surface area (Å²) in [6.45, 7) is 1.42. The SMILES string of the molecule is NCC(COC[C@H]1C[C@]1(C(N)=O)c1ccccc1)OC[C@H]1C[C@]1(C(N)=O)c1ccccc1. The van der Waals surface area contributed by atoms with Crippen LogP contribution in [0.3, 0.4) is 0 Å². The molecule has 4 rings (SSSR count). The van der Waals surface area contributed by atoms with Crippen LogP contribution in [0, 0.1) is 11.8 Å². The highest BCUT2D eigenvalue weighted by molar-refractivity contribution is 5.91. The molecule has 170 valence electrons. The molecule has 0 bridgehead atoms. The Balaban J connectivity index is 1.27. The quantitative estimate of drug-likeness (QED) is 0.460. The van der Waals surface area contributed by atoms with Crippen LogP contribution in [0.4, 0.5) is 0 Å². The maximum absolute atomic E-state index is 12.2. The Kier molecular flexibility index (Phi) is 6.33. The topological polar surface area (TPSA) is 131 Å². The van der Waals surface area contributed by atoms with E-state index in [9.17, 15) is 9.59 Å². The number of rotatable bonds is 12. The number of primary amides is 2. The van der Waals surface area contributed by atoms with Gasteiger partial charge < -0.3 is 26.7 Å². The molecule has 5 atom stereocenters. The number of carbonyl (C=O) groups excluding carboxylic acids is 2. The summed E-state index contributed by atoms with van der Waals surface area (Å²) in [5, 5.41) is 0. The van der Waals surface area contributed by atoms with Crippen LogP contribution in [0.15, 0.2) is 60.7 Å². The van der Waals surface area contributed by atoms with Crippen LogP contribution in [-0.4, -0.2) is 44.3 Å². The first kappa shape index (κ1) is 22.5. The van der Waals surface area contributed by atoms with Crippen molar-refractivity contribution in [3.8, 4) is 0 Å². The van der Waals surface area contributed by atoms with Gasteiger partial charge in [-0.15, -0.1) is 0 Å². The van der Waals surface area contributed by atoms with E-state index in [0.29, 0.717) is 39.2 Å². The Morgan fingerprint density at radius 3 is 1.75 bits per heavy atom. The zero-order valence-electron chi connectivity index (χ0n) is 18.1. The summed E-state index contributed by atoms with van der Waals surface area (Å²) in [4.78, 5) is 24.3. The van der Waals surface area contributed by atoms with Gasteiger partial charge in [0.1, 0.15) is 0 Å². The van der Waals surface area contributed by atoms with E-state index < -0.39 is 10.8 Å². The Hall–Kier alpha value is -2.74. The summed E-state index contributed by atoms with van der Waals surface area (Å²) < 4.78 is 11.8. The normalized spacial score (nSPS) is 29.3. The fourth-order valence-corrected chi connectivity index (χ4v) is 4.91. The van der Waals surface area contributed by atoms with Crippen LogP contribution in [0.1, 0.15) is 24.0 Å². The molecule has 0 aromatic heterocycles. The number of hydrogen-bond acceptors (Lipinski definition) is 5. The minimum atomic E-state index is -0.661. The predicted octanol–water partition coefficient (Wildman–Crippen LogP) is 1.23. The van der Waals surface area contributed by atoms with Crippen LogP contribution in [0.5, 0.6) is 0 Å². The average molecular weight is 438 g/mol. The number of amides is 2. The molecule has 2 fully saturated rings. The van der Waals surface area contributed by atoms with E-state index in [2.05, 4.69) is 0 Å². The summed E-state index contributed by atoms with van der Waals surface area (Å²) >= 11 is 0. The predicted molar refractivity (Wildman–Crippen MR) is 120 cm³/mol. The van der Waals surface area contributed by atoms with Crippen molar-refractivity contribution < 1.29 is 19.1 Å². The Morgan fingerprint density at radius 1 is 0.844 bits per heavy atom. The van der Waals surface area contributed by atoms with E-state index in [1.54, 1.807) is 0 Å². The van der Waals surface area contributed by atoms with Crippen molar-refractivity contribution in [1.82, 2.24) is 0 Å². The van der Waals surface area contributed by atoms with Gasteiger partial charge in [0.2, 0.25) is 11.8 Å². The molecular weight excluding hydrogens is 406 g/mol. The fraction of sp³-hybridized carbons (Fsp3) is 0.440. The third kappa shape index (κ3) is 4.03. The largest absolute Gasteiger partial charge is 0.378 e. The Morgan fingerprint density at radius 2 is 1.31 bits per heavy atom. The van der Waals surface area contributed by atoms with E-state index in [0.717, 1.165) is 11.1 Å². The number of hydrogen-bond donors (Lipinski definition) is 3. The highest BCUT2D eigenvalue weighted by atomic mass is 16.5. The molecule has 1 unspecified atom stereocenters. The van der Waals surface area contributed by atoms with Crippen molar-refractivity contribution in [2.24, 2.45) is 29.0 Å². The van der Waals surface area contributed by atoms with Gasteiger partial charge in [-0.25, -0.2) is 0 Å². The summed E-state index contributed by atoms with van der Waals surface area (Å²) in [5.74, 6) is -0.568. The van der Waals surface area contributed by atoms with Crippen LogP contribution in [0.2, 0.25) is 0 Å². The lowest BCUT2D eigenvalue weighted by atomic mass is 9.92. The van der Waals surface area contributed by atoms with Crippen molar-refractivity contribution in [3.05, 3.63) is 71.8 Å². The monoisotopic (exact) mass is 437 g/mol. The third-order valence-electron chi connectivity index (χ3n) is 7.09. The molecule has 0 saturated heterocycles. The minimum Gasteiger partial charge on any atom is -0.378 e. The summed E-state index contributed by atoms with van der Waals surface area (Å²) in [7, 11) is 0. The van der Waals surface area contributed by atoms with Gasteiger partial charge in [0.05, 0.1) is 36.8 Å². The highest BCUT2D eigenvalue weighted by Crippen LogP contribution is 2.55. The number of benzene rings is 2.